The number of methoxy groups -OCH3 is 1. The normalized spacial score (nSPS) is 17.7. The van der Waals surface area contributed by atoms with Gasteiger partial charge in [0.15, 0.2) is 0 Å². The first kappa shape index (κ1) is 20.2. The number of benzene rings is 3. The van der Waals surface area contributed by atoms with Gasteiger partial charge in [-0.05, 0) is 78.4 Å². The van der Waals surface area contributed by atoms with E-state index in [0.29, 0.717) is 10.8 Å². The summed E-state index contributed by atoms with van der Waals surface area (Å²) in [5.74, 6) is 1.25. The van der Waals surface area contributed by atoms with Gasteiger partial charge in [-0.15, -0.1) is 0 Å². The van der Waals surface area contributed by atoms with Crippen molar-refractivity contribution in [1.82, 2.24) is 4.57 Å². The fraction of sp³-hybridized carbons (Fsp3) is 0.115. The van der Waals surface area contributed by atoms with Crippen LogP contribution < -0.4 is 14.4 Å². The molecule has 5 rings (SSSR count). The lowest BCUT2D eigenvalue weighted by Gasteiger charge is -2.46. The molecule has 0 aliphatic carbocycles. The molecule has 2 atom stereocenters. The van der Waals surface area contributed by atoms with Crippen LogP contribution in [0.15, 0.2) is 97.3 Å². The number of carbonyl (C=O) groups is 1. The van der Waals surface area contributed by atoms with E-state index in [1.165, 1.54) is 0 Å². The van der Waals surface area contributed by atoms with Crippen LogP contribution in [0.4, 0.5) is 5.69 Å². The molecule has 1 amide bonds. The smallest absolute Gasteiger partial charge is 0.271 e. The van der Waals surface area contributed by atoms with Crippen molar-refractivity contribution in [3.63, 3.8) is 0 Å². The third kappa shape index (κ3) is 3.72. The summed E-state index contributed by atoms with van der Waals surface area (Å²) in [7, 11) is 1.62. The van der Waals surface area contributed by atoms with Gasteiger partial charge in [-0.25, -0.2) is 0 Å². The molecule has 0 radical (unpaired) electrons. The second kappa shape index (κ2) is 8.44. The van der Waals surface area contributed by atoms with Gasteiger partial charge in [0.1, 0.15) is 17.5 Å². The molecule has 1 fully saturated rings. The minimum absolute atomic E-state index is 0.0958. The van der Waals surface area contributed by atoms with Gasteiger partial charge in [-0.3, -0.25) is 9.69 Å². The Morgan fingerprint density at radius 1 is 0.812 bits per heavy atom. The number of aromatic nitrogens is 1. The van der Waals surface area contributed by atoms with E-state index in [1.807, 2.05) is 71.6 Å². The predicted octanol–water partition coefficient (Wildman–Crippen LogP) is 5.67. The molecule has 2 heterocycles. The highest BCUT2D eigenvalue weighted by Gasteiger charge is 2.51. The number of ether oxygens (including phenoxy) is 2. The van der Waals surface area contributed by atoms with Gasteiger partial charge >= 0.3 is 0 Å². The Morgan fingerprint density at radius 2 is 1.50 bits per heavy atom. The van der Waals surface area contributed by atoms with E-state index in [-0.39, 0.29) is 11.9 Å². The van der Waals surface area contributed by atoms with Crippen molar-refractivity contribution in [1.29, 1.82) is 0 Å². The number of hydrogen-bond donors (Lipinski definition) is 0. The third-order valence-electron chi connectivity index (χ3n) is 5.59. The van der Waals surface area contributed by atoms with Crippen molar-refractivity contribution >= 4 is 23.2 Å². The molecule has 1 aliphatic heterocycles. The zero-order valence-electron chi connectivity index (χ0n) is 17.4. The fourth-order valence-corrected chi connectivity index (χ4v) is 4.09. The fourth-order valence-electron chi connectivity index (χ4n) is 3.97. The minimum atomic E-state index is -0.641. The molecule has 4 aromatic rings. The third-order valence-corrected chi connectivity index (χ3v) is 5.84. The first-order valence-corrected chi connectivity index (χ1v) is 10.6. The van der Waals surface area contributed by atoms with Gasteiger partial charge in [-0.1, -0.05) is 23.7 Å². The number of carbonyl (C=O) groups excluding carboxylic acids is 1. The van der Waals surface area contributed by atoms with Crippen molar-refractivity contribution in [3.05, 3.63) is 108 Å². The maximum absolute atomic E-state index is 13.2. The molecule has 0 N–H and O–H groups in total. The predicted molar refractivity (Wildman–Crippen MR) is 125 cm³/mol. The molecule has 160 valence electrons. The molecule has 3 aromatic carbocycles. The van der Waals surface area contributed by atoms with Crippen LogP contribution in [0.3, 0.4) is 0 Å². The SMILES string of the molecule is COc1ccc(N2C(=O)C(Oc3ccc(Cl)cc3)C2c2cccc(-n3cccc3)c2)cc1. The zero-order valence-corrected chi connectivity index (χ0v) is 18.1. The first-order valence-electron chi connectivity index (χ1n) is 10.3. The number of anilines is 1. The zero-order chi connectivity index (χ0) is 22.1. The van der Waals surface area contributed by atoms with E-state index in [2.05, 4.69) is 6.07 Å². The second-order valence-electron chi connectivity index (χ2n) is 7.53. The average Bonchev–Trinajstić information content (AvgIpc) is 3.37. The Balaban J connectivity index is 1.51. The highest BCUT2D eigenvalue weighted by atomic mass is 35.5. The van der Waals surface area contributed by atoms with Gasteiger partial charge < -0.3 is 14.0 Å². The largest absolute Gasteiger partial charge is 0.497 e. The number of hydrogen-bond acceptors (Lipinski definition) is 3. The van der Waals surface area contributed by atoms with E-state index in [0.717, 1.165) is 22.7 Å². The number of nitrogens with zero attached hydrogens (tertiary/aromatic N) is 2. The van der Waals surface area contributed by atoms with Crippen LogP contribution in [0.5, 0.6) is 11.5 Å². The highest BCUT2D eigenvalue weighted by Crippen LogP contribution is 2.42. The minimum Gasteiger partial charge on any atom is -0.497 e. The molecular weight excluding hydrogens is 424 g/mol. The molecular formula is C26H21ClN2O3. The van der Waals surface area contributed by atoms with Gasteiger partial charge in [-0.2, -0.15) is 0 Å². The number of halogens is 1. The van der Waals surface area contributed by atoms with Crippen molar-refractivity contribution < 1.29 is 14.3 Å². The standard InChI is InChI=1S/C26H21ClN2O3/c1-31-22-13-9-20(10-14-22)29-24(18-5-4-6-21(17-18)28-15-2-3-16-28)25(26(29)30)32-23-11-7-19(27)8-12-23/h2-17,24-25H,1H3. The maximum Gasteiger partial charge on any atom is 0.271 e. The Labute approximate surface area is 191 Å². The topological polar surface area (TPSA) is 43.7 Å². The summed E-state index contributed by atoms with van der Waals surface area (Å²) in [4.78, 5) is 15.0. The van der Waals surface area contributed by atoms with E-state index in [4.69, 9.17) is 21.1 Å². The summed E-state index contributed by atoms with van der Waals surface area (Å²) in [6.45, 7) is 0. The summed E-state index contributed by atoms with van der Waals surface area (Å²) < 4.78 is 13.4. The summed E-state index contributed by atoms with van der Waals surface area (Å²) >= 11 is 6.00. The molecule has 5 nitrogen and oxygen atoms in total. The number of rotatable bonds is 6. The summed E-state index contributed by atoms with van der Waals surface area (Å²) in [6, 6.07) is 26.4. The lowest BCUT2D eigenvalue weighted by molar-refractivity contribution is -0.135. The van der Waals surface area contributed by atoms with Gasteiger partial charge in [0, 0.05) is 28.8 Å². The van der Waals surface area contributed by atoms with E-state index in [1.54, 1.807) is 36.3 Å². The Morgan fingerprint density at radius 3 is 2.19 bits per heavy atom. The summed E-state index contributed by atoms with van der Waals surface area (Å²) in [5, 5.41) is 0.619. The second-order valence-corrected chi connectivity index (χ2v) is 7.97. The van der Waals surface area contributed by atoms with Crippen LogP contribution in [0.2, 0.25) is 5.02 Å². The Hall–Kier alpha value is -3.70. The Kier molecular flexibility index (Phi) is 5.33. The van der Waals surface area contributed by atoms with E-state index in [9.17, 15) is 4.79 Å². The maximum atomic E-state index is 13.2. The monoisotopic (exact) mass is 444 g/mol. The van der Waals surface area contributed by atoms with Gasteiger partial charge in [0.2, 0.25) is 6.10 Å². The molecule has 2 unspecified atom stereocenters. The molecule has 0 spiro atoms. The highest BCUT2D eigenvalue weighted by molar-refractivity contribution is 6.30. The van der Waals surface area contributed by atoms with Crippen LogP contribution in [-0.4, -0.2) is 23.7 Å². The van der Waals surface area contributed by atoms with Crippen molar-refractivity contribution in [2.24, 2.45) is 0 Å². The molecule has 6 heteroatoms. The van der Waals surface area contributed by atoms with E-state index < -0.39 is 6.10 Å². The first-order chi connectivity index (χ1) is 15.6. The van der Waals surface area contributed by atoms with Gasteiger partial charge in [0.25, 0.3) is 5.91 Å². The van der Waals surface area contributed by atoms with Crippen molar-refractivity contribution in [2.75, 3.05) is 12.0 Å². The van der Waals surface area contributed by atoms with E-state index >= 15 is 0 Å². The van der Waals surface area contributed by atoms with Crippen molar-refractivity contribution in [2.45, 2.75) is 12.1 Å². The Bertz CT molecular complexity index is 1220. The molecule has 1 saturated heterocycles. The molecule has 0 bridgehead atoms. The number of amides is 1. The molecule has 32 heavy (non-hydrogen) atoms. The molecule has 0 saturated carbocycles. The molecule has 1 aliphatic rings. The quantitative estimate of drug-likeness (QED) is 0.359. The summed E-state index contributed by atoms with van der Waals surface area (Å²) in [6.07, 6.45) is 3.35. The van der Waals surface area contributed by atoms with Crippen LogP contribution in [0.25, 0.3) is 5.69 Å². The van der Waals surface area contributed by atoms with Crippen LogP contribution in [0, 0.1) is 0 Å². The van der Waals surface area contributed by atoms with Crippen molar-refractivity contribution in [3.8, 4) is 17.2 Å². The number of β-lactam (4-membered cyclic amide) rings is 1. The average molecular weight is 445 g/mol. The van der Waals surface area contributed by atoms with Crippen LogP contribution in [-0.2, 0) is 4.79 Å². The lowest BCUT2D eigenvalue weighted by atomic mass is 9.89. The van der Waals surface area contributed by atoms with Crippen LogP contribution >= 0.6 is 11.6 Å². The summed E-state index contributed by atoms with van der Waals surface area (Å²) in [5.41, 5.74) is 2.81. The van der Waals surface area contributed by atoms with Gasteiger partial charge in [0.05, 0.1) is 7.11 Å². The van der Waals surface area contributed by atoms with Crippen LogP contribution in [0.1, 0.15) is 11.6 Å². The lowest BCUT2D eigenvalue weighted by Crippen LogP contribution is -2.61. The molecule has 1 aromatic heterocycles.